The Morgan fingerprint density at radius 1 is 1.28 bits per heavy atom. The van der Waals surface area contributed by atoms with E-state index in [4.69, 9.17) is 0 Å². The summed E-state index contributed by atoms with van der Waals surface area (Å²) in [6.07, 6.45) is 1.94. The van der Waals surface area contributed by atoms with Crippen LogP contribution in [0.4, 0.5) is 14.5 Å². The molecule has 2 aromatic rings. The fraction of sp³-hybridized carbons (Fsp3) is 0.231. The third kappa shape index (κ3) is 2.72. The van der Waals surface area contributed by atoms with E-state index < -0.39 is 11.6 Å². The number of hydrogen-bond acceptors (Lipinski definition) is 1. The summed E-state index contributed by atoms with van der Waals surface area (Å²) in [5, 5.41) is 2.79. The van der Waals surface area contributed by atoms with E-state index in [-0.39, 0.29) is 5.69 Å². The monoisotopic (exact) mass is 314 g/mol. The van der Waals surface area contributed by atoms with Crippen molar-refractivity contribution in [3.8, 4) is 0 Å². The van der Waals surface area contributed by atoms with E-state index >= 15 is 0 Å². The van der Waals surface area contributed by atoms with E-state index in [1.807, 2.05) is 29.8 Å². The van der Waals surface area contributed by atoms with Gasteiger partial charge in [-0.05, 0) is 31.2 Å². The Morgan fingerprint density at radius 2 is 1.94 bits per heavy atom. The zero-order valence-corrected chi connectivity index (χ0v) is 11.5. The van der Waals surface area contributed by atoms with Crippen molar-refractivity contribution in [2.45, 2.75) is 20.0 Å². The van der Waals surface area contributed by atoms with Gasteiger partial charge in [-0.3, -0.25) is 0 Å². The topological polar surface area (TPSA) is 17.0 Å². The van der Waals surface area contributed by atoms with Gasteiger partial charge >= 0.3 is 0 Å². The van der Waals surface area contributed by atoms with Crippen LogP contribution in [0, 0.1) is 11.6 Å². The molecule has 18 heavy (non-hydrogen) atoms. The van der Waals surface area contributed by atoms with Crippen molar-refractivity contribution in [2.24, 2.45) is 0 Å². The van der Waals surface area contributed by atoms with Crippen molar-refractivity contribution in [1.29, 1.82) is 0 Å². The minimum Gasteiger partial charge on any atom is -0.375 e. The summed E-state index contributed by atoms with van der Waals surface area (Å²) < 4.78 is 29.6. The van der Waals surface area contributed by atoms with Crippen LogP contribution in [-0.4, -0.2) is 4.57 Å². The molecule has 0 radical (unpaired) electrons. The number of nitrogens with one attached hydrogen (secondary N) is 1. The SMILES string of the molecule is CCn1cccc1CNc1c(F)cc(Br)cc1F. The van der Waals surface area contributed by atoms with E-state index in [2.05, 4.69) is 21.2 Å². The van der Waals surface area contributed by atoms with Gasteiger partial charge in [0.15, 0.2) is 0 Å². The molecule has 0 spiro atoms. The molecule has 5 heteroatoms. The van der Waals surface area contributed by atoms with Crippen LogP contribution in [0.25, 0.3) is 0 Å². The first-order chi connectivity index (χ1) is 8.61. The van der Waals surface area contributed by atoms with Crippen LogP contribution in [0.5, 0.6) is 0 Å². The lowest BCUT2D eigenvalue weighted by Gasteiger charge is -2.11. The Morgan fingerprint density at radius 3 is 2.56 bits per heavy atom. The van der Waals surface area contributed by atoms with Gasteiger partial charge in [-0.2, -0.15) is 0 Å². The molecule has 0 aliphatic heterocycles. The highest BCUT2D eigenvalue weighted by atomic mass is 79.9. The molecule has 1 aromatic carbocycles. The lowest BCUT2D eigenvalue weighted by Crippen LogP contribution is -2.08. The maximum atomic E-state index is 13.6. The molecule has 0 saturated carbocycles. The van der Waals surface area contributed by atoms with Crippen molar-refractivity contribution in [1.82, 2.24) is 4.57 Å². The highest BCUT2D eigenvalue weighted by molar-refractivity contribution is 9.10. The van der Waals surface area contributed by atoms with Gasteiger partial charge < -0.3 is 9.88 Å². The number of rotatable bonds is 4. The highest BCUT2D eigenvalue weighted by Crippen LogP contribution is 2.24. The molecule has 0 unspecified atom stereocenters. The minimum absolute atomic E-state index is 0.0953. The maximum absolute atomic E-state index is 13.6. The fourth-order valence-electron chi connectivity index (χ4n) is 1.81. The second-order valence-electron chi connectivity index (χ2n) is 3.88. The van der Waals surface area contributed by atoms with Gasteiger partial charge in [0.05, 0.1) is 6.54 Å². The molecule has 0 aliphatic rings. The molecular weight excluding hydrogens is 302 g/mol. The van der Waals surface area contributed by atoms with Crippen LogP contribution in [0.3, 0.4) is 0 Å². The van der Waals surface area contributed by atoms with Crippen molar-refractivity contribution in [3.05, 3.63) is 52.3 Å². The van der Waals surface area contributed by atoms with Crippen molar-refractivity contribution >= 4 is 21.6 Å². The highest BCUT2D eigenvalue weighted by Gasteiger charge is 2.10. The van der Waals surface area contributed by atoms with E-state index in [1.165, 1.54) is 12.1 Å². The van der Waals surface area contributed by atoms with Gasteiger partial charge in [0.2, 0.25) is 0 Å². The lowest BCUT2D eigenvalue weighted by atomic mass is 10.3. The number of anilines is 1. The van der Waals surface area contributed by atoms with Crippen LogP contribution in [-0.2, 0) is 13.1 Å². The van der Waals surface area contributed by atoms with E-state index in [9.17, 15) is 8.78 Å². The molecule has 1 N–H and O–H groups in total. The third-order valence-electron chi connectivity index (χ3n) is 2.72. The van der Waals surface area contributed by atoms with Gasteiger partial charge in [0.1, 0.15) is 17.3 Å². The van der Waals surface area contributed by atoms with Crippen molar-refractivity contribution in [3.63, 3.8) is 0 Å². The van der Waals surface area contributed by atoms with Gasteiger partial charge in [0.25, 0.3) is 0 Å². The summed E-state index contributed by atoms with van der Waals surface area (Å²) in [7, 11) is 0. The van der Waals surface area contributed by atoms with E-state index in [0.29, 0.717) is 11.0 Å². The van der Waals surface area contributed by atoms with Gasteiger partial charge in [-0.25, -0.2) is 8.78 Å². The van der Waals surface area contributed by atoms with Crippen molar-refractivity contribution < 1.29 is 8.78 Å². The second-order valence-corrected chi connectivity index (χ2v) is 4.80. The molecule has 0 amide bonds. The number of hydrogen-bond donors (Lipinski definition) is 1. The molecule has 2 nitrogen and oxygen atoms in total. The largest absolute Gasteiger partial charge is 0.375 e. The Bertz CT molecular complexity index is 529. The molecule has 0 aliphatic carbocycles. The number of halogens is 3. The first kappa shape index (κ1) is 13.1. The molecule has 1 heterocycles. The second kappa shape index (κ2) is 5.52. The average molecular weight is 315 g/mol. The average Bonchev–Trinajstić information content (AvgIpc) is 2.75. The molecular formula is C13H13BrF2N2. The molecule has 0 atom stereocenters. The minimum atomic E-state index is -0.600. The smallest absolute Gasteiger partial charge is 0.150 e. The quantitative estimate of drug-likeness (QED) is 0.896. The Labute approximate surface area is 113 Å². The van der Waals surface area contributed by atoms with Gasteiger partial charge in [-0.15, -0.1) is 0 Å². The van der Waals surface area contributed by atoms with Gasteiger partial charge in [0, 0.05) is 22.9 Å². The van der Waals surface area contributed by atoms with Crippen molar-refractivity contribution in [2.75, 3.05) is 5.32 Å². The molecule has 1 aromatic heterocycles. The first-order valence-electron chi connectivity index (χ1n) is 5.64. The predicted molar refractivity (Wildman–Crippen MR) is 71.5 cm³/mol. The molecule has 2 rings (SSSR count). The molecule has 0 saturated heterocycles. The maximum Gasteiger partial charge on any atom is 0.150 e. The molecule has 96 valence electrons. The van der Waals surface area contributed by atoms with Crippen LogP contribution in [0.1, 0.15) is 12.6 Å². The standard InChI is InChI=1S/C13H13BrF2N2/c1-2-18-5-3-4-10(18)8-17-13-11(15)6-9(14)7-12(13)16/h3-7,17H,2,8H2,1H3. The summed E-state index contributed by atoms with van der Waals surface area (Å²) in [6.45, 7) is 3.23. The number of benzene rings is 1. The van der Waals surface area contributed by atoms with Crippen LogP contribution < -0.4 is 5.32 Å². The van der Waals surface area contributed by atoms with Crippen LogP contribution >= 0.6 is 15.9 Å². The van der Waals surface area contributed by atoms with Crippen LogP contribution in [0.15, 0.2) is 34.9 Å². The fourth-order valence-corrected chi connectivity index (χ4v) is 2.21. The summed E-state index contributed by atoms with van der Waals surface area (Å²) in [5.41, 5.74) is 0.890. The first-order valence-corrected chi connectivity index (χ1v) is 6.43. The number of aromatic nitrogens is 1. The Kier molecular flexibility index (Phi) is 4.01. The zero-order valence-electron chi connectivity index (χ0n) is 9.88. The summed E-state index contributed by atoms with van der Waals surface area (Å²) >= 11 is 3.05. The summed E-state index contributed by atoms with van der Waals surface area (Å²) in [5.74, 6) is -1.20. The van der Waals surface area contributed by atoms with E-state index in [0.717, 1.165) is 12.2 Å². The Hall–Kier alpha value is -1.36. The zero-order chi connectivity index (χ0) is 13.1. The summed E-state index contributed by atoms with van der Waals surface area (Å²) in [4.78, 5) is 0. The molecule has 0 bridgehead atoms. The molecule has 0 fully saturated rings. The number of aryl methyl sites for hydroxylation is 1. The summed E-state index contributed by atoms with van der Waals surface area (Å²) in [6, 6.07) is 6.31. The van der Waals surface area contributed by atoms with Gasteiger partial charge in [-0.1, -0.05) is 15.9 Å². The normalized spacial score (nSPS) is 10.7. The lowest BCUT2D eigenvalue weighted by molar-refractivity contribution is 0.585. The number of nitrogens with zero attached hydrogens (tertiary/aromatic N) is 1. The van der Waals surface area contributed by atoms with E-state index in [1.54, 1.807) is 0 Å². The van der Waals surface area contributed by atoms with Crippen LogP contribution in [0.2, 0.25) is 0 Å². The predicted octanol–water partition coefficient (Wildman–Crippen LogP) is 4.16. The third-order valence-corrected chi connectivity index (χ3v) is 3.18. The Balaban J connectivity index is 2.16.